The van der Waals surface area contributed by atoms with Gasteiger partial charge in [-0.05, 0) is 28.8 Å². The van der Waals surface area contributed by atoms with Gasteiger partial charge < -0.3 is 10.4 Å². The molecule has 1 heterocycles. The molecule has 96 valence electrons. The summed E-state index contributed by atoms with van der Waals surface area (Å²) in [5, 5.41) is 16.6. The van der Waals surface area contributed by atoms with Gasteiger partial charge >= 0.3 is 0 Å². The molecule has 0 atom stereocenters. The molecule has 0 radical (unpaired) electrons. The molecule has 0 unspecified atom stereocenters. The van der Waals surface area contributed by atoms with Gasteiger partial charge in [-0.2, -0.15) is 5.10 Å². The topological polar surface area (TPSA) is 67.2 Å². The van der Waals surface area contributed by atoms with Crippen LogP contribution >= 0.6 is 15.9 Å². The van der Waals surface area contributed by atoms with Gasteiger partial charge in [0.25, 0.3) is 5.56 Å². The van der Waals surface area contributed by atoms with Crippen LogP contribution in [0.5, 0.6) is 0 Å². The molecular formula is C11H18BrN3O2. The van der Waals surface area contributed by atoms with E-state index in [2.05, 4.69) is 26.3 Å². The maximum atomic E-state index is 11.7. The van der Waals surface area contributed by atoms with E-state index in [4.69, 9.17) is 0 Å². The molecule has 17 heavy (non-hydrogen) atoms. The zero-order valence-electron chi connectivity index (χ0n) is 10.3. The summed E-state index contributed by atoms with van der Waals surface area (Å²) in [4.78, 5) is 11.7. The third-order valence-corrected chi connectivity index (χ3v) is 3.90. The molecule has 2 N–H and O–H groups in total. The van der Waals surface area contributed by atoms with E-state index in [-0.39, 0.29) is 12.2 Å². The predicted molar refractivity (Wildman–Crippen MR) is 71.2 cm³/mol. The maximum absolute atomic E-state index is 11.7. The molecule has 0 aliphatic rings. The fourth-order valence-corrected chi connectivity index (χ4v) is 2.03. The van der Waals surface area contributed by atoms with Crippen LogP contribution in [-0.2, 0) is 7.05 Å². The summed E-state index contributed by atoms with van der Waals surface area (Å²) in [6.45, 7) is 4.01. The first-order valence-corrected chi connectivity index (χ1v) is 6.39. The quantitative estimate of drug-likeness (QED) is 0.865. The Morgan fingerprint density at radius 3 is 2.59 bits per heavy atom. The Hall–Kier alpha value is -0.880. The first-order valence-electron chi connectivity index (χ1n) is 5.60. The number of aliphatic hydroxyl groups excluding tert-OH is 1. The first-order chi connectivity index (χ1) is 7.99. The van der Waals surface area contributed by atoms with Gasteiger partial charge in [0.2, 0.25) is 0 Å². The summed E-state index contributed by atoms with van der Waals surface area (Å²) in [7, 11) is 1.59. The third kappa shape index (κ3) is 2.87. The number of hydrogen-bond donors (Lipinski definition) is 2. The largest absolute Gasteiger partial charge is 0.394 e. The number of aliphatic hydroxyl groups is 1. The molecule has 1 aromatic rings. The SMILES string of the molecule is CCC(CC)(CO)Nc1cnn(C)c(=O)c1Br. The van der Waals surface area contributed by atoms with Crippen LogP contribution in [0.4, 0.5) is 5.69 Å². The highest BCUT2D eigenvalue weighted by atomic mass is 79.9. The molecule has 1 aromatic heterocycles. The molecule has 5 nitrogen and oxygen atoms in total. The number of aromatic nitrogens is 2. The van der Waals surface area contributed by atoms with Crippen molar-refractivity contribution in [1.82, 2.24) is 9.78 Å². The van der Waals surface area contributed by atoms with Gasteiger partial charge in [-0.1, -0.05) is 13.8 Å². The average molecular weight is 304 g/mol. The number of nitrogens with one attached hydrogen (secondary N) is 1. The minimum Gasteiger partial charge on any atom is -0.394 e. The van der Waals surface area contributed by atoms with Gasteiger partial charge in [0.15, 0.2) is 0 Å². The smallest absolute Gasteiger partial charge is 0.282 e. The normalized spacial score (nSPS) is 11.6. The van der Waals surface area contributed by atoms with Crippen LogP contribution in [0.2, 0.25) is 0 Å². The molecule has 6 heteroatoms. The molecule has 0 bridgehead atoms. The van der Waals surface area contributed by atoms with Crippen molar-refractivity contribution in [2.75, 3.05) is 11.9 Å². The van der Waals surface area contributed by atoms with Crippen molar-refractivity contribution in [2.24, 2.45) is 7.05 Å². The summed E-state index contributed by atoms with van der Waals surface area (Å²) in [5.74, 6) is 0. The minimum absolute atomic E-state index is 0.0155. The van der Waals surface area contributed by atoms with Crippen LogP contribution in [0.1, 0.15) is 26.7 Å². The number of rotatable bonds is 5. The van der Waals surface area contributed by atoms with E-state index in [9.17, 15) is 9.90 Å². The minimum atomic E-state index is -0.406. The molecule has 0 fully saturated rings. The molecule has 0 amide bonds. The molecule has 0 spiro atoms. The molecule has 0 saturated heterocycles. The van der Waals surface area contributed by atoms with Crippen molar-refractivity contribution >= 4 is 21.6 Å². The Labute approximate surface area is 109 Å². The van der Waals surface area contributed by atoms with Crippen molar-refractivity contribution in [3.05, 3.63) is 21.0 Å². The Bertz CT molecular complexity index is 433. The summed E-state index contributed by atoms with van der Waals surface area (Å²) < 4.78 is 1.70. The van der Waals surface area contributed by atoms with Crippen molar-refractivity contribution < 1.29 is 5.11 Å². The van der Waals surface area contributed by atoms with Gasteiger partial charge in [-0.3, -0.25) is 4.79 Å². The Balaban J connectivity index is 3.11. The first kappa shape index (κ1) is 14.2. The van der Waals surface area contributed by atoms with Crippen molar-refractivity contribution in [3.8, 4) is 0 Å². The second-order valence-electron chi connectivity index (χ2n) is 4.07. The van der Waals surface area contributed by atoms with E-state index in [1.807, 2.05) is 13.8 Å². The van der Waals surface area contributed by atoms with Gasteiger partial charge in [-0.15, -0.1) is 0 Å². The zero-order valence-corrected chi connectivity index (χ0v) is 11.9. The van der Waals surface area contributed by atoms with Gasteiger partial charge in [0.1, 0.15) is 4.47 Å². The second kappa shape index (κ2) is 5.64. The molecule has 0 aliphatic carbocycles. The Kier molecular flexibility index (Phi) is 4.70. The highest BCUT2D eigenvalue weighted by molar-refractivity contribution is 9.10. The number of hydrogen-bond acceptors (Lipinski definition) is 4. The zero-order chi connectivity index (χ0) is 13.1. The summed E-state index contributed by atoms with van der Waals surface area (Å²) >= 11 is 3.25. The lowest BCUT2D eigenvalue weighted by Crippen LogP contribution is -2.41. The lowest BCUT2D eigenvalue weighted by atomic mass is 9.93. The van der Waals surface area contributed by atoms with Crippen LogP contribution < -0.4 is 10.9 Å². The van der Waals surface area contributed by atoms with Gasteiger partial charge in [0, 0.05) is 7.05 Å². The summed E-state index contributed by atoms with van der Waals surface area (Å²) in [6.07, 6.45) is 3.12. The monoisotopic (exact) mass is 303 g/mol. The van der Waals surface area contributed by atoms with Gasteiger partial charge in [0.05, 0.1) is 24.0 Å². The second-order valence-corrected chi connectivity index (χ2v) is 4.86. The highest BCUT2D eigenvalue weighted by Gasteiger charge is 2.26. The lowest BCUT2D eigenvalue weighted by Gasteiger charge is -2.32. The maximum Gasteiger partial charge on any atom is 0.282 e. The molecular weight excluding hydrogens is 286 g/mol. The highest BCUT2D eigenvalue weighted by Crippen LogP contribution is 2.25. The lowest BCUT2D eigenvalue weighted by molar-refractivity contribution is 0.202. The van der Waals surface area contributed by atoms with Gasteiger partial charge in [-0.25, -0.2) is 4.68 Å². The standard InChI is InChI=1S/C11H18BrN3O2/c1-4-11(5-2,7-16)14-8-6-13-15(3)10(17)9(8)12/h6,14,16H,4-5,7H2,1-3H3. The summed E-state index contributed by atoms with van der Waals surface area (Å²) in [5.41, 5.74) is 0.0104. The van der Waals surface area contributed by atoms with Crippen LogP contribution in [0.25, 0.3) is 0 Å². The van der Waals surface area contributed by atoms with Crippen LogP contribution in [0, 0.1) is 0 Å². The fourth-order valence-electron chi connectivity index (χ4n) is 1.57. The number of anilines is 1. The van der Waals surface area contributed by atoms with E-state index in [1.165, 1.54) is 4.68 Å². The van der Waals surface area contributed by atoms with Crippen molar-refractivity contribution in [2.45, 2.75) is 32.2 Å². The van der Waals surface area contributed by atoms with Crippen molar-refractivity contribution in [1.29, 1.82) is 0 Å². The van der Waals surface area contributed by atoms with Crippen LogP contribution in [-0.4, -0.2) is 27.0 Å². The van der Waals surface area contributed by atoms with E-state index >= 15 is 0 Å². The van der Waals surface area contributed by atoms with E-state index in [1.54, 1.807) is 13.2 Å². The Morgan fingerprint density at radius 2 is 2.12 bits per heavy atom. The molecule has 0 aromatic carbocycles. The molecule has 1 rings (SSSR count). The third-order valence-electron chi connectivity index (χ3n) is 3.13. The van der Waals surface area contributed by atoms with E-state index < -0.39 is 5.54 Å². The average Bonchev–Trinajstić information content (AvgIpc) is 2.36. The van der Waals surface area contributed by atoms with Crippen molar-refractivity contribution in [3.63, 3.8) is 0 Å². The Morgan fingerprint density at radius 1 is 1.53 bits per heavy atom. The summed E-state index contributed by atoms with van der Waals surface area (Å²) in [6, 6.07) is 0. The number of aryl methyl sites for hydroxylation is 1. The van der Waals surface area contributed by atoms with Crippen LogP contribution in [0.3, 0.4) is 0 Å². The predicted octanol–water partition coefficient (Wildman–Crippen LogP) is 1.51. The number of nitrogens with zero attached hydrogens (tertiary/aromatic N) is 2. The van der Waals surface area contributed by atoms with E-state index in [0.717, 1.165) is 12.8 Å². The molecule has 0 aliphatic heterocycles. The molecule has 0 saturated carbocycles. The van der Waals surface area contributed by atoms with E-state index in [0.29, 0.717) is 10.2 Å². The van der Waals surface area contributed by atoms with Crippen LogP contribution in [0.15, 0.2) is 15.5 Å². The fraction of sp³-hybridized carbons (Fsp3) is 0.636. The number of halogens is 1.